The smallest absolute Gasteiger partial charge is 0.278 e. The monoisotopic (exact) mass is 253 g/mol. The number of carbonyl (C=O) groups excluding carboxylic acids is 1. The Labute approximate surface area is 108 Å². The van der Waals surface area contributed by atoms with Crippen molar-refractivity contribution >= 4 is 17.9 Å². The summed E-state index contributed by atoms with van der Waals surface area (Å²) in [5.41, 5.74) is 2.22. The van der Waals surface area contributed by atoms with Crippen LogP contribution in [-0.2, 0) is 6.54 Å². The average molecular weight is 253 g/mol. The molecule has 0 heterocycles. The maximum absolute atomic E-state index is 11.1. The first-order chi connectivity index (χ1) is 7.95. The van der Waals surface area contributed by atoms with Gasteiger partial charge in [0.2, 0.25) is 0 Å². The highest BCUT2D eigenvalue weighted by Crippen LogP contribution is 2.25. The van der Waals surface area contributed by atoms with Crippen LogP contribution in [0, 0.1) is 0 Å². The predicted molar refractivity (Wildman–Crippen MR) is 72.9 cm³/mol. The minimum Gasteiger partial charge on any atom is -0.496 e. The van der Waals surface area contributed by atoms with Crippen molar-refractivity contribution in [2.24, 2.45) is 0 Å². The number of rotatable bonds is 4. The van der Waals surface area contributed by atoms with Crippen LogP contribution < -0.4 is 4.74 Å². The van der Waals surface area contributed by atoms with Gasteiger partial charge in [-0.2, -0.15) is 0 Å². The number of carbonyl (C=O) groups is 1. The summed E-state index contributed by atoms with van der Waals surface area (Å²) in [5.74, 6) is 1.28. The second-order valence-electron chi connectivity index (χ2n) is 4.36. The first-order valence-electron chi connectivity index (χ1n) is 5.56. The Bertz CT molecular complexity index is 404. The first kappa shape index (κ1) is 13.9. The molecular weight excluding hydrogens is 234 g/mol. The Balaban J connectivity index is 2.96. The van der Waals surface area contributed by atoms with Crippen molar-refractivity contribution in [3.05, 3.63) is 29.3 Å². The van der Waals surface area contributed by atoms with Crippen LogP contribution in [0.15, 0.2) is 18.2 Å². The van der Waals surface area contributed by atoms with Gasteiger partial charge in [0.1, 0.15) is 5.75 Å². The number of nitrogens with zero attached hydrogens (tertiary/aromatic N) is 1. The molecule has 0 radical (unpaired) electrons. The zero-order valence-corrected chi connectivity index (χ0v) is 11.6. The number of ether oxygens (including phenoxy) is 1. The van der Waals surface area contributed by atoms with Crippen LogP contribution in [-0.4, -0.2) is 24.3 Å². The van der Waals surface area contributed by atoms with E-state index in [9.17, 15) is 4.79 Å². The van der Waals surface area contributed by atoms with Gasteiger partial charge in [-0.05, 0) is 17.5 Å². The Morgan fingerprint density at radius 1 is 1.47 bits per heavy atom. The van der Waals surface area contributed by atoms with Crippen LogP contribution in [0.4, 0.5) is 4.79 Å². The standard InChI is InChI=1S/C13H19NO2S/c1-9(2)10-5-6-11(12(7-10)16-4)8-14(3)13(15)17/h5-7,9H,8H2,1-4H3,(H,15,17). The molecule has 3 nitrogen and oxygen atoms in total. The highest BCUT2D eigenvalue weighted by atomic mass is 32.1. The first-order valence-corrected chi connectivity index (χ1v) is 6.01. The summed E-state index contributed by atoms with van der Waals surface area (Å²) in [6.07, 6.45) is 0. The zero-order valence-electron chi connectivity index (χ0n) is 10.7. The van der Waals surface area contributed by atoms with Gasteiger partial charge in [0.05, 0.1) is 7.11 Å². The predicted octanol–water partition coefficient (Wildman–Crippen LogP) is 3.30. The van der Waals surface area contributed by atoms with E-state index in [2.05, 4.69) is 32.5 Å². The molecule has 1 aromatic carbocycles. The minimum atomic E-state index is -0.250. The van der Waals surface area contributed by atoms with Crippen molar-refractivity contribution in [3.63, 3.8) is 0 Å². The highest BCUT2D eigenvalue weighted by Gasteiger charge is 2.10. The molecule has 0 fully saturated rings. The summed E-state index contributed by atoms with van der Waals surface area (Å²) in [6, 6.07) is 6.09. The van der Waals surface area contributed by atoms with Crippen molar-refractivity contribution < 1.29 is 9.53 Å². The van der Waals surface area contributed by atoms with Crippen molar-refractivity contribution in [2.45, 2.75) is 26.3 Å². The molecule has 0 saturated carbocycles. The molecule has 0 N–H and O–H groups in total. The average Bonchev–Trinajstić information content (AvgIpc) is 2.28. The second-order valence-corrected chi connectivity index (χ2v) is 4.75. The minimum absolute atomic E-state index is 0.250. The van der Waals surface area contributed by atoms with Crippen LogP contribution in [0.1, 0.15) is 30.9 Å². The molecule has 0 aliphatic rings. The normalized spacial score (nSPS) is 10.5. The van der Waals surface area contributed by atoms with E-state index < -0.39 is 0 Å². The van der Waals surface area contributed by atoms with Gasteiger partial charge in [-0.1, -0.05) is 38.6 Å². The Morgan fingerprint density at radius 3 is 2.59 bits per heavy atom. The van der Waals surface area contributed by atoms with E-state index in [0.717, 1.165) is 11.3 Å². The Kier molecular flexibility index (Phi) is 4.87. The third kappa shape index (κ3) is 3.66. The largest absolute Gasteiger partial charge is 0.496 e. The molecule has 0 spiro atoms. The van der Waals surface area contributed by atoms with Crippen molar-refractivity contribution in [3.8, 4) is 5.75 Å². The number of methoxy groups -OCH3 is 1. The summed E-state index contributed by atoms with van der Waals surface area (Å²) in [7, 11) is 3.36. The lowest BCUT2D eigenvalue weighted by atomic mass is 10.0. The molecule has 0 aliphatic heterocycles. The molecule has 1 rings (SSSR count). The molecule has 0 aliphatic carbocycles. The van der Waals surface area contributed by atoms with Crippen molar-refractivity contribution in [1.29, 1.82) is 0 Å². The number of amides is 1. The van der Waals surface area contributed by atoms with Gasteiger partial charge in [0, 0.05) is 19.2 Å². The fraction of sp³-hybridized carbons (Fsp3) is 0.462. The number of hydrogen-bond donors (Lipinski definition) is 1. The maximum Gasteiger partial charge on any atom is 0.278 e. The van der Waals surface area contributed by atoms with E-state index in [4.69, 9.17) is 4.74 Å². The third-order valence-corrected chi connectivity index (χ3v) is 3.05. The summed E-state index contributed by atoms with van der Waals surface area (Å²) in [5, 5.41) is -0.250. The van der Waals surface area contributed by atoms with Gasteiger partial charge in [-0.3, -0.25) is 4.79 Å². The molecular formula is C13H19NO2S. The van der Waals surface area contributed by atoms with Gasteiger partial charge in [0.15, 0.2) is 0 Å². The number of benzene rings is 1. The fourth-order valence-corrected chi connectivity index (χ4v) is 1.64. The van der Waals surface area contributed by atoms with Crippen LogP contribution in [0.25, 0.3) is 0 Å². The van der Waals surface area contributed by atoms with E-state index in [1.165, 1.54) is 10.5 Å². The molecule has 0 atom stereocenters. The van der Waals surface area contributed by atoms with Crippen LogP contribution >= 0.6 is 12.6 Å². The van der Waals surface area contributed by atoms with E-state index in [0.29, 0.717) is 12.5 Å². The molecule has 4 heteroatoms. The molecule has 17 heavy (non-hydrogen) atoms. The second kappa shape index (κ2) is 5.96. The quantitative estimate of drug-likeness (QED) is 0.834. The van der Waals surface area contributed by atoms with Crippen molar-refractivity contribution in [1.82, 2.24) is 4.90 Å². The molecule has 0 saturated heterocycles. The molecule has 0 aromatic heterocycles. The summed E-state index contributed by atoms with van der Waals surface area (Å²) < 4.78 is 5.35. The Morgan fingerprint density at radius 2 is 2.12 bits per heavy atom. The summed E-state index contributed by atoms with van der Waals surface area (Å²) >= 11 is 3.79. The van der Waals surface area contributed by atoms with E-state index in [1.54, 1.807) is 14.2 Å². The topological polar surface area (TPSA) is 29.5 Å². The molecule has 0 unspecified atom stereocenters. The summed E-state index contributed by atoms with van der Waals surface area (Å²) in [6.45, 7) is 4.78. The molecule has 0 bridgehead atoms. The van der Waals surface area contributed by atoms with Crippen LogP contribution in [0.5, 0.6) is 5.75 Å². The van der Waals surface area contributed by atoms with Gasteiger partial charge in [0.25, 0.3) is 5.24 Å². The number of thiol groups is 1. The van der Waals surface area contributed by atoms with Gasteiger partial charge in [-0.25, -0.2) is 0 Å². The maximum atomic E-state index is 11.1. The molecule has 1 amide bonds. The van der Waals surface area contributed by atoms with Crippen LogP contribution in [0.3, 0.4) is 0 Å². The Hall–Kier alpha value is -1.16. The fourth-order valence-electron chi connectivity index (χ4n) is 1.57. The number of hydrogen-bond acceptors (Lipinski definition) is 2. The van der Waals surface area contributed by atoms with Gasteiger partial charge >= 0.3 is 0 Å². The summed E-state index contributed by atoms with van der Waals surface area (Å²) in [4.78, 5) is 12.6. The lowest BCUT2D eigenvalue weighted by Gasteiger charge is -2.17. The van der Waals surface area contributed by atoms with Crippen LogP contribution in [0.2, 0.25) is 0 Å². The lowest BCUT2D eigenvalue weighted by Crippen LogP contribution is -2.20. The molecule has 94 valence electrons. The molecule has 1 aromatic rings. The van der Waals surface area contributed by atoms with E-state index >= 15 is 0 Å². The van der Waals surface area contributed by atoms with E-state index in [-0.39, 0.29) is 5.24 Å². The van der Waals surface area contributed by atoms with Gasteiger partial charge in [-0.15, -0.1) is 0 Å². The SMILES string of the molecule is COc1cc(C(C)C)ccc1CN(C)C(=O)S. The van der Waals surface area contributed by atoms with Gasteiger partial charge < -0.3 is 9.64 Å². The highest BCUT2D eigenvalue weighted by molar-refractivity contribution is 7.96. The third-order valence-electron chi connectivity index (χ3n) is 2.71. The van der Waals surface area contributed by atoms with E-state index in [1.807, 2.05) is 12.1 Å². The zero-order chi connectivity index (χ0) is 13.0. The van der Waals surface area contributed by atoms with Crippen molar-refractivity contribution in [2.75, 3.05) is 14.2 Å². The lowest BCUT2D eigenvalue weighted by molar-refractivity contribution is 0.231.